The highest BCUT2D eigenvalue weighted by Crippen LogP contribution is 2.28. The molecule has 23 heavy (non-hydrogen) atoms. The number of para-hydroxylation sites is 2. The smallest absolute Gasteiger partial charge is 0.211 e. The minimum atomic E-state index is 0.0778. The fourth-order valence-corrected chi connectivity index (χ4v) is 3.21. The van der Waals surface area contributed by atoms with E-state index in [4.69, 9.17) is 4.74 Å². The van der Waals surface area contributed by atoms with Gasteiger partial charge in [-0.15, -0.1) is 5.10 Å². The van der Waals surface area contributed by atoms with Gasteiger partial charge in [-0.2, -0.15) is 5.10 Å². The van der Waals surface area contributed by atoms with E-state index in [9.17, 15) is 5.11 Å². The molecular weight excluding hydrogens is 310 g/mol. The third kappa shape index (κ3) is 3.12. The van der Waals surface area contributed by atoms with Crippen molar-refractivity contribution in [2.24, 2.45) is 17.3 Å². The number of rotatable bonds is 4. The summed E-state index contributed by atoms with van der Waals surface area (Å²) in [6.45, 7) is 2.37. The number of hydrogen-bond donors (Lipinski definition) is 1. The van der Waals surface area contributed by atoms with Gasteiger partial charge in [-0.3, -0.25) is 0 Å². The molecule has 0 spiro atoms. The molecule has 3 aromatic rings. The van der Waals surface area contributed by atoms with Crippen LogP contribution in [0.25, 0.3) is 10.2 Å². The van der Waals surface area contributed by atoms with Crippen LogP contribution in [0.15, 0.2) is 52.7 Å². The number of phenols is 1. The van der Waals surface area contributed by atoms with Crippen LogP contribution < -0.4 is 9.54 Å². The molecule has 1 heterocycles. The highest BCUT2D eigenvalue weighted by Gasteiger charge is 2.05. The quantitative estimate of drug-likeness (QED) is 0.590. The van der Waals surface area contributed by atoms with E-state index < -0.39 is 0 Å². The maximum atomic E-state index is 10.1. The number of benzene rings is 2. The van der Waals surface area contributed by atoms with E-state index in [1.807, 2.05) is 42.8 Å². The Morgan fingerprint density at radius 3 is 2.83 bits per heavy atom. The number of phenolic OH excluding ortho intramolecular Hbond substituents is 1. The molecule has 0 radical (unpaired) electrons. The molecule has 5 nitrogen and oxygen atoms in total. The Bertz CT molecular complexity index is 925. The monoisotopic (exact) mass is 327 g/mol. The number of aryl methyl sites for hydroxylation is 1. The van der Waals surface area contributed by atoms with Crippen LogP contribution >= 0.6 is 11.3 Å². The van der Waals surface area contributed by atoms with Crippen LogP contribution in [0.4, 0.5) is 0 Å². The Kier molecular flexibility index (Phi) is 4.43. The zero-order valence-corrected chi connectivity index (χ0v) is 13.7. The average molecular weight is 327 g/mol. The molecule has 0 unspecified atom stereocenters. The van der Waals surface area contributed by atoms with Gasteiger partial charge in [0.15, 0.2) is 11.5 Å². The molecule has 1 N–H and O–H groups in total. The molecule has 0 atom stereocenters. The van der Waals surface area contributed by atoms with E-state index in [1.54, 1.807) is 23.5 Å². The van der Waals surface area contributed by atoms with Crippen molar-refractivity contribution >= 4 is 27.8 Å². The van der Waals surface area contributed by atoms with Crippen LogP contribution in [0.5, 0.6) is 11.5 Å². The summed E-state index contributed by atoms with van der Waals surface area (Å²) in [6, 6.07) is 13.4. The lowest BCUT2D eigenvalue weighted by Gasteiger charge is -2.06. The third-order valence-corrected chi connectivity index (χ3v) is 4.49. The van der Waals surface area contributed by atoms with E-state index in [2.05, 4.69) is 16.3 Å². The van der Waals surface area contributed by atoms with Gasteiger partial charge in [0, 0.05) is 12.6 Å². The summed E-state index contributed by atoms with van der Waals surface area (Å²) in [7, 11) is 1.96. The van der Waals surface area contributed by atoms with Crippen molar-refractivity contribution in [3.8, 4) is 11.5 Å². The molecule has 0 amide bonds. The van der Waals surface area contributed by atoms with Gasteiger partial charge >= 0.3 is 0 Å². The fraction of sp³-hybridized carbons (Fsp3) is 0.176. The molecule has 0 aliphatic carbocycles. The molecule has 0 fully saturated rings. The van der Waals surface area contributed by atoms with E-state index >= 15 is 0 Å². The van der Waals surface area contributed by atoms with Gasteiger partial charge in [0.1, 0.15) is 0 Å². The standard InChI is InChI=1S/C17H17N3O2S/c1-3-22-14-9-6-7-12(16(14)21)11-18-19-17-20(2)13-8-4-5-10-15(13)23-17/h4-11,21H,3H2,1-2H3/b18-11+,19-17+. The molecule has 2 aromatic carbocycles. The molecule has 118 valence electrons. The summed E-state index contributed by atoms with van der Waals surface area (Å²) in [4.78, 5) is 0.794. The number of thiazole rings is 1. The summed E-state index contributed by atoms with van der Waals surface area (Å²) in [6.07, 6.45) is 1.53. The normalized spacial score (nSPS) is 12.3. The maximum Gasteiger partial charge on any atom is 0.211 e. The number of aromatic nitrogens is 1. The van der Waals surface area contributed by atoms with Crippen molar-refractivity contribution in [2.45, 2.75) is 6.92 Å². The lowest BCUT2D eigenvalue weighted by molar-refractivity contribution is 0.318. The summed E-state index contributed by atoms with van der Waals surface area (Å²) in [5.41, 5.74) is 1.69. The van der Waals surface area contributed by atoms with E-state index in [0.717, 1.165) is 15.0 Å². The first-order valence-electron chi connectivity index (χ1n) is 7.27. The number of ether oxygens (including phenoxy) is 1. The molecule has 0 saturated heterocycles. The first-order chi connectivity index (χ1) is 11.2. The van der Waals surface area contributed by atoms with E-state index in [1.165, 1.54) is 6.21 Å². The SMILES string of the molecule is CCOc1cccc(/C=N/N=c2/sc3ccccc3n2C)c1O. The van der Waals surface area contributed by atoms with Crippen LogP contribution in [0.2, 0.25) is 0 Å². The topological polar surface area (TPSA) is 59.1 Å². The predicted molar refractivity (Wildman–Crippen MR) is 93.2 cm³/mol. The summed E-state index contributed by atoms with van der Waals surface area (Å²) >= 11 is 1.57. The Morgan fingerprint density at radius 1 is 1.22 bits per heavy atom. The van der Waals surface area contributed by atoms with Crippen molar-refractivity contribution in [3.63, 3.8) is 0 Å². The van der Waals surface area contributed by atoms with Gasteiger partial charge in [-0.25, -0.2) is 0 Å². The molecule has 3 rings (SSSR count). The van der Waals surface area contributed by atoms with Crippen LogP contribution in [0, 0.1) is 0 Å². The molecule has 0 saturated carbocycles. The third-order valence-electron chi connectivity index (χ3n) is 3.38. The molecule has 0 bridgehead atoms. The van der Waals surface area contributed by atoms with E-state index in [-0.39, 0.29) is 5.75 Å². The minimum Gasteiger partial charge on any atom is -0.504 e. The van der Waals surface area contributed by atoms with Crippen LogP contribution in [0.1, 0.15) is 12.5 Å². The fourth-order valence-electron chi connectivity index (χ4n) is 2.23. The Balaban J connectivity index is 1.94. The zero-order chi connectivity index (χ0) is 16.2. The van der Waals surface area contributed by atoms with Gasteiger partial charge in [0.2, 0.25) is 4.80 Å². The number of nitrogens with zero attached hydrogens (tertiary/aromatic N) is 3. The second-order valence-corrected chi connectivity index (χ2v) is 5.89. The first kappa shape index (κ1) is 15.3. The predicted octanol–water partition coefficient (Wildman–Crippen LogP) is 3.28. The van der Waals surface area contributed by atoms with Crippen LogP contribution in [-0.2, 0) is 7.05 Å². The van der Waals surface area contributed by atoms with E-state index in [0.29, 0.717) is 17.9 Å². The number of aromatic hydroxyl groups is 1. The molecular formula is C17H17N3O2S. The van der Waals surface area contributed by atoms with Gasteiger partial charge in [-0.1, -0.05) is 29.5 Å². The van der Waals surface area contributed by atoms with Crippen molar-refractivity contribution < 1.29 is 9.84 Å². The van der Waals surface area contributed by atoms with Crippen molar-refractivity contribution in [1.29, 1.82) is 0 Å². The highest BCUT2D eigenvalue weighted by molar-refractivity contribution is 7.16. The summed E-state index contributed by atoms with van der Waals surface area (Å²) < 4.78 is 8.51. The lowest BCUT2D eigenvalue weighted by atomic mass is 10.2. The first-order valence-corrected chi connectivity index (χ1v) is 8.08. The molecule has 6 heteroatoms. The van der Waals surface area contributed by atoms with Crippen molar-refractivity contribution in [3.05, 3.63) is 52.8 Å². The van der Waals surface area contributed by atoms with Crippen LogP contribution in [-0.4, -0.2) is 22.5 Å². The highest BCUT2D eigenvalue weighted by atomic mass is 32.1. The Labute approximate surface area is 137 Å². The molecule has 0 aliphatic rings. The van der Waals surface area contributed by atoms with Gasteiger partial charge < -0.3 is 14.4 Å². The van der Waals surface area contributed by atoms with Crippen molar-refractivity contribution in [1.82, 2.24) is 4.57 Å². The lowest BCUT2D eigenvalue weighted by Crippen LogP contribution is -2.08. The van der Waals surface area contributed by atoms with Crippen LogP contribution in [0.3, 0.4) is 0 Å². The van der Waals surface area contributed by atoms with Gasteiger partial charge in [0.25, 0.3) is 0 Å². The second kappa shape index (κ2) is 6.66. The summed E-state index contributed by atoms with van der Waals surface area (Å²) in [5, 5.41) is 18.5. The Hall–Kier alpha value is -2.60. The average Bonchev–Trinajstić information content (AvgIpc) is 2.88. The Morgan fingerprint density at radius 2 is 2.04 bits per heavy atom. The van der Waals surface area contributed by atoms with Crippen molar-refractivity contribution in [2.75, 3.05) is 6.61 Å². The number of fused-ring (bicyclic) bond motifs is 1. The molecule has 0 aliphatic heterocycles. The summed E-state index contributed by atoms with van der Waals surface area (Å²) in [5.74, 6) is 0.526. The largest absolute Gasteiger partial charge is 0.504 e. The van der Waals surface area contributed by atoms with Gasteiger partial charge in [-0.05, 0) is 31.2 Å². The zero-order valence-electron chi connectivity index (χ0n) is 12.9. The van der Waals surface area contributed by atoms with Gasteiger partial charge in [0.05, 0.1) is 23.0 Å². The number of hydrogen-bond acceptors (Lipinski definition) is 5. The molecule has 1 aromatic heterocycles. The minimum absolute atomic E-state index is 0.0778. The second-order valence-electron chi connectivity index (χ2n) is 4.88. The maximum absolute atomic E-state index is 10.1.